The lowest BCUT2D eigenvalue weighted by atomic mass is 10.2. The molecule has 1 aromatic carbocycles. The molecule has 1 amide bonds. The highest BCUT2D eigenvalue weighted by Crippen LogP contribution is 2.27. The van der Waals surface area contributed by atoms with Crippen LogP contribution >= 0.6 is 27.5 Å². The van der Waals surface area contributed by atoms with Gasteiger partial charge >= 0.3 is 5.97 Å². The largest absolute Gasteiger partial charge is 0.483 e. The number of carbonyl (C=O) groups excluding carboxylic acids is 1. The van der Waals surface area contributed by atoms with Gasteiger partial charge in [0.2, 0.25) is 0 Å². The number of ether oxygens (including phenoxy) is 1. The van der Waals surface area contributed by atoms with Crippen molar-refractivity contribution in [2.24, 2.45) is 0 Å². The first kappa shape index (κ1) is 15.8. The van der Waals surface area contributed by atoms with Crippen molar-refractivity contribution in [3.8, 4) is 5.75 Å². The van der Waals surface area contributed by atoms with E-state index in [1.807, 2.05) is 0 Å². The lowest BCUT2D eigenvalue weighted by Crippen LogP contribution is -2.42. The highest BCUT2D eigenvalue weighted by Gasteiger charge is 2.17. The first-order valence-electron chi connectivity index (χ1n) is 5.54. The molecular weight excluding hydrogens is 337 g/mol. The molecule has 0 heterocycles. The van der Waals surface area contributed by atoms with Crippen molar-refractivity contribution in [3.63, 3.8) is 0 Å². The SMILES string of the molecule is CC[C@H](NC(=O)COc1ccc(Cl)cc1Br)C(=O)O. The van der Waals surface area contributed by atoms with Gasteiger partial charge in [0.05, 0.1) is 4.47 Å². The van der Waals surface area contributed by atoms with Gasteiger partial charge in [0, 0.05) is 5.02 Å². The molecule has 0 saturated heterocycles. The minimum Gasteiger partial charge on any atom is -0.483 e. The highest BCUT2D eigenvalue weighted by molar-refractivity contribution is 9.10. The molecule has 0 aliphatic carbocycles. The standard InChI is InChI=1S/C12H13BrClNO4/c1-2-9(12(17)18)15-11(16)6-19-10-4-3-7(14)5-8(10)13/h3-5,9H,2,6H2,1H3,(H,15,16)(H,17,18)/t9-/m0/s1. The Balaban J connectivity index is 2.52. The summed E-state index contributed by atoms with van der Waals surface area (Å²) in [5, 5.41) is 11.7. The molecule has 0 aromatic heterocycles. The molecule has 0 aliphatic rings. The molecule has 0 radical (unpaired) electrons. The summed E-state index contributed by atoms with van der Waals surface area (Å²) in [6.45, 7) is 1.42. The van der Waals surface area contributed by atoms with E-state index in [4.69, 9.17) is 21.4 Å². The Hall–Kier alpha value is -1.27. The predicted molar refractivity (Wildman–Crippen MR) is 74.5 cm³/mol. The summed E-state index contributed by atoms with van der Waals surface area (Å²) in [7, 11) is 0. The van der Waals surface area contributed by atoms with Crippen molar-refractivity contribution in [2.45, 2.75) is 19.4 Å². The fourth-order valence-electron chi connectivity index (χ4n) is 1.31. The Labute approximate surface area is 124 Å². The van der Waals surface area contributed by atoms with E-state index < -0.39 is 17.9 Å². The van der Waals surface area contributed by atoms with E-state index in [0.29, 0.717) is 21.7 Å². The second-order valence-electron chi connectivity index (χ2n) is 3.73. The number of carbonyl (C=O) groups is 2. The summed E-state index contributed by atoms with van der Waals surface area (Å²) in [6, 6.07) is 3.99. The number of aliphatic carboxylic acids is 1. The summed E-state index contributed by atoms with van der Waals surface area (Å²) in [5.41, 5.74) is 0. The summed E-state index contributed by atoms with van der Waals surface area (Å²) in [4.78, 5) is 22.3. The van der Waals surface area contributed by atoms with Crippen molar-refractivity contribution in [1.82, 2.24) is 5.32 Å². The van der Waals surface area contributed by atoms with Crippen LogP contribution in [0.25, 0.3) is 0 Å². The van der Waals surface area contributed by atoms with Gasteiger partial charge in [-0.1, -0.05) is 18.5 Å². The lowest BCUT2D eigenvalue weighted by molar-refractivity contribution is -0.142. The van der Waals surface area contributed by atoms with E-state index in [9.17, 15) is 9.59 Å². The van der Waals surface area contributed by atoms with Crippen LogP contribution in [0.1, 0.15) is 13.3 Å². The number of halogens is 2. The molecule has 0 aliphatic heterocycles. The zero-order valence-electron chi connectivity index (χ0n) is 10.2. The van der Waals surface area contributed by atoms with E-state index in [1.54, 1.807) is 25.1 Å². The van der Waals surface area contributed by atoms with Crippen molar-refractivity contribution in [3.05, 3.63) is 27.7 Å². The van der Waals surface area contributed by atoms with E-state index in [2.05, 4.69) is 21.2 Å². The Morgan fingerprint density at radius 1 is 1.53 bits per heavy atom. The molecule has 19 heavy (non-hydrogen) atoms. The van der Waals surface area contributed by atoms with Crippen molar-refractivity contribution < 1.29 is 19.4 Å². The molecular formula is C12H13BrClNO4. The first-order chi connectivity index (χ1) is 8.93. The van der Waals surface area contributed by atoms with Crippen LogP contribution in [0.15, 0.2) is 22.7 Å². The van der Waals surface area contributed by atoms with Gasteiger partial charge in [-0.25, -0.2) is 4.79 Å². The van der Waals surface area contributed by atoms with Gasteiger partial charge in [0.15, 0.2) is 6.61 Å². The Morgan fingerprint density at radius 2 is 2.21 bits per heavy atom. The van der Waals surface area contributed by atoms with Crippen LogP contribution in [0, 0.1) is 0 Å². The van der Waals surface area contributed by atoms with Gasteiger partial charge in [-0.2, -0.15) is 0 Å². The van der Waals surface area contributed by atoms with Gasteiger partial charge in [-0.05, 0) is 40.5 Å². The average Bonchev–Trinajstić information content (AvgIpc) is 2.34. The van der Waals surface area contributed by atoms with Crippen LogP contribution in [0.2, 0.25) is 5.02 Å². The fourth-order valence-corrected chi connectivity index (χ4v) is 2.11. The molecule has 0 unspecified atom stereocenters. The third-order valence-corrected chi connectivity index (χ3v) is 3.15. The number of nitrogens with one attached hydrogen (secondary N) is 1. The van der Waals surface area contributed by atoms with Gasteiger partial charge in [-0.3, -0.25) is 4.79 Å². The molecule has 1 aromatic rings. The number of benzene rings is 1. The van der Waals surface area contributed by atoms with Crippen LogP contribution in [-0.4, -0.2) is 29.6 Å². The number of carboxylic acid groups (broad SMARTS) is 1. The van der Waals surface area contributed by atoms with E-state index in [-0.39, 0.29) is 6.61 Å². The van der Waals surface area contributed by atoms with Crippen molar-refractivity contribution >= 4 is 39.4 Å². The number of hydrogen-bond acceptors (Lipinski definition) is 3. The molecule has 0 saturated carbocycles. The summed E-state index contributed by atoms with van der Waals surface area (Å²) >= 11 is 9.02. The predicted octanol–water partition coefficient (Wildman–Crippen LogP) is 2.46. The summed E-state index contributed by atoms with van der Waals surface area (Å²) in [6.07, 6.45) is 0.311. The second kappa shape index (κ2) is 7.35. The number of hydrogen-bond donors (Lipinski definition) is 2. The minimum atomic E-state index is -1.07. The molecule has 2 N–H and O–H groups in total. The summed E-state index contributed by atoms with van der Waals surface area (Å²) < 4.78 is 5.89. The van der Waals surface area contributed by atoms with Crippen LogP contribution < -0.4 is 10.1 Å². The first-order valence-corrected chi connectivity index (χ1v) is 6.71. The molecule has 7 heteroatoms. The fraction of sp³-hybridized carbons (Fsp3) is 0.333. The smallest absolute Gasteiger partial charge is 0.326 e. The van der Waals surface area contributed by atoms with Crippen molar-refractivity contribution in [2.75, 3.05) is 6.61 Å². The van der Waals surface area contributed by atoms with Gasteiger partial charge in [0.25, 0.3) is 5.91 Å². The maximum atomic E-state index is 11.5. The summed E-state index contributed by atoms with van der Waals surface area (Å²) in [5.74, 6) is -1.09. The third-order valence-electron chi connectivity index (χ3n) is 2.29. The Morgan fingerprint density at radius 3 is 2.74 bits per heavy atom. The molecule has 0 bridgehead atoms. The zero-order chi connectivity index (χ0) is 14.4. The molecule has 104 valence electrons. The zero-order valence-corrected chi connectivity index (χ0v) is 12.5. The van der Waals surface area contributed by atoms with Crippen LogP contribution in [0.3, 0.4) is 0 Å². The lowest BCUT2D eigenvalue weighted by Gasteiger charge is -2.13. The van der Waals surface area contributed by atoms with E-state index in [0.717, 1.165) is 0 Å². The van der Waals surface area contributed by atoms with Crippen LogP contribution in [-0.2, 0) is 9.59 Å². The van der Waals surface area contributed by atoms with Gasteiger partial charge in [0.1, 0.15) is 11.8 Å². The van der Waals surface area contributed by atoms with E-state index >= 15 is 0 Å². The molecule has 0 fully saturated rings. The number of amides is 1. The second-order valence-corrected chi connectivity index (χ2v) is 5.02. The molecule has 5 nitrogen and oxygen atoms in total. The maximum absolute atomic E-state index is 11.5. The normalized spacial score (nSPS) is 11.7. The molecule has 1 rings (SSSR count). The molecule has 1 atom stereocenters. The monoisotopic (exact) mass is 349 g/mol. The molecule has 0 spiro atoms. The Kier molecular flexibility index (Phi) is 6.11. The minimum absolute atomic E-state index is 0.260. The van der Waals surface area contributed by atoms with E-state index in [1.165, 1.54) is 0 Å². The topological polar surface area (TPSA) is 75.6 Å². The Bertz CT molecular complexity index is 481. The number of rotatable bonds is 6. The third kappa shape index (κ3) is 5.08. The maximum Gasteiger partial charge on any atom is 0.326 e. The number of carboxylic acids is 1. The highest BCUT2D eigenvalue weighted by atomic mass is 79.9. The van der Waals surface area contributed by atoms with Crippen LogP contribution in [0.4, 0.5) is 0 Å². The van der Waals surface area contributed by atoms with Crippen LogP contribution in [0.5, 0.6) is 5.75 Å². The van der Waals surface area contributed by atoms with Gasteiger partial charge in [-0.15, -0.1) is 0 Å². The van der Waals surface area contributed by atoms with Crippen molar-refractivity contribution in [1.29, 1.82) is 0 Å². The van der Waals surface area contributed by atoms with Gasteiger partial charge < -0.3 is 15.2 Å². The average molecular weight is 351 g/mol. The quantitative estimate of drug-likeness (QED) is 0.826.